The summed E-state index contributed by atoms with van der Waals surface area (Å²) < 4.78 is 23.8. The van der Waals surface area contributed by atoms with Crippen molar-refractivity contribution < 1.29 is 62.1 Å². The first-order valence-corrected chi connectivity index (χ1v) is 24.3. The molecule has 5 heterocycles. The number of aromatic nitrogens is 4. The zero-order valence-electron chi connectivity index (χ0n) is 38.7. The second kappa shape index (κ2) is 29.0. The predicted octanol–water partition coefficient (Wildman–Crippen LogP) is 6.25. The van der Waals surface area contributed by atoms with E-state index in [0.717, 1.165) is 39.9 Å². The van der Waals surface area contributed by atoms with E-state index in [-0.39, 0.29) is 83.8 Å². The number of rotatable bonds is 19. The van der Waals surface area contributed by atoms with Gasteiger partial charge in [0.25, 0.3) is 11.8 Å². The summed E-state index contributed by atoms with van der Waals surface area (Å²) in [4.78, 5) is 94.5. The Balaban J connectivity index is 0.000000340. The van der Waals surface area contributed by atoms with Crippen molar-refractivity contribution in [1.82, 2.24) is 35.6 Å². The third-order valence-electron chi connectivity index (χ3n) is 9.99. The number of amides is 4. The number of unbranched alkanes of at least 4 members (excludes halogenated alkanes) is 1. The zero-order chi connectivity index (χ0) is 49.4. The molecule has 16 nitrogen and oxygen atoms in total. The molecule has 1 fully saturated rings. The van der Waals surface area contributed by atoms with E-state index in [1.165, 1.54) is 0 Å². The molecule has 2 N–H and O–H groups in total. The maximum atomic E-state index is 12.7. The van der Waals surface area contributed by atoms with Crippen LogP contribution in [0.3, 0.4) is 0 Å². The minimum atomic E-state index is -3.64. The fraction of sp³-hybridized carbons (Fsp3) is 0.269. The molecule has 0 saturated carbocycles. The Kier molecular flexibility index (Phi) is 23.0. The summed E-state index contributed by atoms with van der Waals surface area (Å²) in [6.45, 7) is 2.02. The summed E-state index contributed by atoms with van der Waals surface area (Å²) in [6, 6.07) is 39.6. The Bertz CT molecular complexity index is 2590. The number of carbonyl (C=O) groups is 6. The van der Waals surface area contributed by atoms with E-state index < -0.39 is 51.2 Å². The van der Waals surface area contributed by atoms with Gasteiger partial charge in [-0.3, -0.25) is 33.9 Å². The van der Waals surface area contributed by atoms with E-state index in [2.05, 4.69) is 42.7 Å². The normalized spacial score (nSPS) is 12.2. The summed E-state index contributed by atoms with van der Waals surface area (Å²) >= 11 is 0. The number of ketones is 1. The van der Waals surface area contributed by atoms with Crippen LogP contribution in [0.2, 0.25) is 0 Å². The number of aryl methyl sites for hydroxylation is 1. The molecule has 1 aliphatic rings. The number of imide groups is 1. The smallest absolute Gasteiger partial charge is 0.333 e. The molecule has 7 rings (SSSR count). The Morgan fingerprint density at radius 3 is 1.80 bits per heavy atom. The van der Waals surface area contributed by atoms with Gasteiger partial charge in [0.05, 0.1) is 17.1 Å². The number of hydrogen-bond acceptors (Lipinski definition) is 13. The van der Waals surface area contributed by atoms with Crippen LogP contribution in [0.1, 0.15) is 62.5 Å². The monoisotopic (exact) mass is 1140 g/mol. The summed E-state index contributed by atoms with van der Waals surface area (Å²) in [7, 11) is -3.64. The van der Waals surface area contributed by atoms with Crippen LogP contribution in [-0.2, 0) is 70.0 Å². The zero-order valence-corrected chi connectivity index (χ0v) is 41.9. The average molecular weight is 1140 g/mol. The Morgan fingerprint density at radius 2 is 1.26 bits per heavy atom. The minimum Gasteiger partial charge on any atom is -0.354 e. The number of nitrogens with one attached hydrogen (secondary N) is 2. The molecule has 18 heteroatoms. The molecule has 6 aromatic rings. The summed E-state index contributed by atoms with van der Waals surface area (Å²) in [5, 5.41) is 5.43. The largest absolute Gasteiger partial charge is 0.354 e. The predicted molar refractivity (Wildman–Crippen MR) is 257 cm³/mol. The van der Waals surface area contributed by atoms with Crippen molar-refractivity contribution in [2.75, 3.05) is 18.6 Å². The molecule has 367 valence electrons. The molecule has 1 aliphatic heterocycles. The molecule has 0 spiro atoms. The first kappa shape index (κ1) is 55.5. The van der Waals surface area contributed by atoms with E-state index >= 15 is 0 Å². The third kappa shape index (κ3) is 19.8. The first-order chi connectivity index (χ1) is 33.2. The van der Waals surface area contributed by atoms with Crippen LogP contribution in [0.15, 0.2) is 134 Å². The molecule has 4 amide bonds. The molecule has 1 unspecified atom stereocenters. The number of benzene rings is 2. The van der Waals surface area contributed by atoms with Crippen LogP contribution in [0.4, 0.5) is 0 Å². The Hall–Kier alpha value is -7.14. The second-order valence-electron chi connectivity index (χ2n) is 15.8. The van der Waals surface area contributed by atoms with Gasteiger partial charge >= 0.3 is 5.97 Å². The Morgan fingerprint density at radius 1 is 0.686 bits per heavy atom. The summed E-state index contributed by atoms with van der Waals surface area (Å²) in [5.74, 6) is -3.92. The van der Waals surface area contributed by atoms with Gasteiger partial charge in [-0.15, -0.1) is 76.9 Å². The van der Waals surface area contributed by atoms with Crippen LogP contribution in [0.25, 0.3) is 33.9 Å². The van der Waals surface area contributed by atoms with Crippen molar-refractivity contribution in [3.05, 3.63) is 157 Å². The number of hydrogen-bond donors (Lipinski definition) is 2. The van der Waals surface area contributed by atoms with Gasteiger partial charge in [-0.2, -0.15) is 0 Å². The summed E-state index contributed by atoms with van der Waals surface area (Å²) in [5.41, 5.74) is 7.16. The standard InChI is InChI=1S/C30H37N5O9S.2C11H8N.Ir/c1-20-11-14-31-23(16-20)24-18-21(12-15-32-24)17-22(36)6-5-7-26(37)34-25(19-45(2,42)43)30(41)33-13-4-3-8-29(40)44-35-27(38)9-10-28(35)39;2*1-2-6-10(7-3-1)11-8-4-5-9-12-11;/h11-12,14-16,18,25H,3-10,13,17,19H2,1-2H3,(H,33,41)(H,34,37);2*1-6,8-9H;/q;2*-1;. The molecule has 1 atom stereocenters. The van der Waals surface area contributed by atoms with Crippen molar-refractivity contribution in [3.8, 4) is 33.9 Å². The van der Waals surface area contributed by atoms with Crippen LogP contribution in [0.5, 0.6) is 0 Å². The van der Waals surface area contributed by atoms with E-state index in [9.17, 15) is 37.2 Å². The van der Waals surface area contributed by atoms with E-state index in [0.29, 0.717) is 22.9 Å². The van der Waals surface area contributed by atoms with E-state index in [4.69, 9.17) is 4.84 Å². The number of Topliss-reactive ketones (excluding diaryl/α,β-unsaturated/α-hetero) is 1. The van der Waals surface area contributed by atoms with Gasteiger partial charge in [0.1, 0.15) is 21.7 Å². The molecular weight excluding hydrogens is 1090 g/mol. The van der Waals surface area contributed by atoms with Crippen LogP contribution in [0, 0.1) is 19.1 Å². The van der Waals surface area contributed by atoms with Crippen molar-refractivity contribution in [1.29, 1.82) is 0 Å². The van der Waals surface area contributed by atoms with Gasteiger partial charge in [-0.1, -0.05) is 24.3 Å². The maximum Gasteiger partial charge on any atom is 0.333 e. The molecule has 2 aromatic carbocycles. The van der Waals surface area contributed by atoms with Crippen LogP contribution < -0.4 is 10.6 Å². The first-order valence-electron chi connectivity index (χ1n) is 22.2. The number of nitrogens with zero attached hydrogens (tertiary/aromatic N) is 5. The van der Waals surface area contributed by atoms with Gasteiger partial charge in [-0.25, -0.2) is 13.2 Å². The van der Waals surface area contributed by atoms with Crippen LogP contribution in [-0.4, -0.2) is 93.4 Å². The number of carbonyl (C=O) groups excluding carboxylic acids is 6. The molecule has 4 aromatic heterocycles. The molecule has 1 radical (unpaired) electrons. The summed E-state index contributed by atoms with van der Waals surface area (Å²) in [6.07, 6.45) is 8.63. The van der Waals surface area contributed by atoms with Crippen molar-refractivity contribution in [2.24, 2.45) is 0 Å². The van der Waals surface area contributed by atoms with Gasteiger partial charge in [0, 0.05) is 96.2 Å². The van der Waals surface area contributed by atoms with Gasteiger partial charge < -0.3 is 25.4 Å². The molecule has 70 heavy (non-hydrogen) atoms. The average Bonchev–Trinajstić information content (AvgIpc) is 3.67. The Labute approximate surface area is 421 Å². The number of hydroxylamine groups is 2. The molecule has 0 aliphatic carbocycles. The van der Waals surface area contributed by atoms with Gasteiger partial charge in [0.2, 0.25) is 11.8 Å². The second-order valence-corrected chi connectivity index (χ2v) is 18.0. The fourth-order valence-electron chi connectivity index (χ4n) is 6.60. The van der Waals surface area contributed by atoms with Crippen molar-refractivity contribution in [2.45, 2.75) is 70.8 Å². The van der Waals surface area contributed by atoms with Crippen LogP contribution >= 0.6 is 0 Å². The van der Waals surface area contributed by atoms with Gasteiger partial charge in [0.15, 0.2) is 0 Å². The quantitative estimate of drug-likeness (QED) is 0.0520. The molecule has 0 bridgehead atoms. The van der Waals surface area contributed by atoms with E-state index in [1.54, 1.807) is 36.9 Å². The number of sulfone groups is 1. The molecular formula is C52H53IrN7O9S-2. The SMILES string of the molecule is Cc1ccnc(-c2cc(CC(=O)CCCC(=O)NC(CS(C)(=O)=O)C(=O)NCCCCC(=O)ON3C(=O)CCC3=O)ccn2)c1.[Ir].[c-]1ccccc1-c1ccccn1.[c-]1ccccc1-c1ccccn1. The van der Waals surface area contributed by atoms with Gasteiger partial charge in [-0.05, 0) is 85.1 Å². The number of pyridine rings is 4. The molecule has 1 saturated heterocycles. The van der Waals surface area contributed by atoms with E-state index in [1.807, 2.05) is 104 Å². The maximum absolute atomic E-state index is 12.7. The fourth-order valence-corrected chi connectivity index (χ4v) is 7.44. The topological polar surface area (TPSA) is 225 Å². The third-order valence-corrected chi connectivity index (χ3v) is 10.9. The minimum absolute atomic E-state index is 0. The van der Waals surface area contributed by atoms with Crippen molar-refractivity contribution >= 4 is 45.2 Å². The van der Waals surface area contributed by atoms with Crippen molar-refractivity contribution in [3.63, 3.8) is 0 Å².